The zero-order chi connectivity index (χ0) is 20.2. The molecule has 1 atom stereocenters. The largest absolute Gasteiger partial charge is 0.385 e. The lowest BCUT2D eigenvalue weighted by Gasteiger charge is -2.30. The number of amides is 1. The van der Waals surface area contributed by atoms with Crippen molar-refractivity contribution in [2.45, 2.75) is 44.5 Å². The molecule has 7 nitrogen and oxygen atoms in total. The average molecular weight is 396 g/mol. The Hall–Kier alpha value is -2.40. The third-order valence-electron chi connectivity index (χ3n) is 5.66. The summed E-state index contributed by atoms with van der Waals surface area (Å²) in [6.07, 6.45) is 4.73. The number of ether oxygens (including phenoxy) is 2. The summed E-state index contributed by atoms with van der Waals surface area (Å²) in [5.74, 6) is 0.0774. The van der Waals surface area contributed by atoms with E-state index in [0.29, 0.717) is 37.9 Å². The van der Waals surface area contributed by atoms with Crippen LogP contribution in [0.5, 0.6) is 0 Å². The summed E-state index contributed by atoms with van der Waals surface area (Å²) >= 11 is 0. The molecular weight excluding hydrogens is 368 g/mol. The number of methoxy groups -OCH3 is 1. The van der Waals surface area contributed by atoms with Crippen molar-refractivity contribution in [1.29, 1.82) is 5.26 Å². The Balaban J connectivity index is 1.61. The molecule has 0 spiro atoms. The number of benzene rings is 1. The minimum atomic E-state index is -0.399. The molecule has 1 aliphatic heterocycles. The van der Waals surface area contributed by atoms with Gasteiger partial charge in [0, 0.05) is 63.0 Å². The van der Waals surface area contributed by atoms with Crippen LogP contribution in [0.3, 0.4) is 0 Å². The van der Waals surface area contributed by atoms with Crippen LogP contribution in [0.1, 0.15) is 30.4 Å². The molecule has 2 aliphatic rings. The third kappa shape index (κ3) is 4.45. The van der Waals surface area contributed by atoms with Crippen LogP contribution in [0.4, 0.5) is 0 Å². The Labute approximate surface area is 171 Å². The minimum absolute atomic E-state index is 0.0774. The smallest absolute Gasteiger partial charge is 0.253 e. The van der Waals surface area contributed by atoms with E-state index in [2.05, 4.69) is 22.1 Å². The first kappa shape index (κ1) is 19.9. The quantitative estimate of drug-likeness (QED) is 0.691. The summed E-state index contributed by atoms with van der Waals surface area (Å²) in [4.78, 5) is 15.1. The van der Waals surface area contributed by atoms with E-state index in [4.69, 9.17) is 9.47 Å². The summed E-state index contributed by atoms with van der Waals surface area (Å²) in [5, 5.41) is 13.6. The Bertz CT molecular complexity index is 907. The maximum absolute atomic E-state index is 13.1. The van der Waals surface area contributed by atoms with Gasteiger partial charge in [-0.25, -0.2) is 0 Å². The van der Waals surface area contributed by atoms with Gasteiger partial charge < -0.3 is 24.3 Å². The molecule has 1 aliphatic carbocycles. The number of fused-ring (bicyclic) bond motifs is 1. The van der Waals surface area contributed by atoms with Gasteiger partial charge in [0.1, 0.15) is 6.10 Å². The van der Waals surface area contributed by atoms with E-state index in [0.717, 1.165) is 48.8 Å². The summed E-state index contributed by atoms with van der Waals surface area (Å²) < 4.78 is 13.1. The van der Waals surface area contributed by atoms with Gasteiger partial charge in [0.2, 0.25) is 0 Å². The van der Waals surface area contributed by atoms with Gasteiger partial charge in [0.25, 0.3) is 5.91 Å². The maximum atomic E-state index is 13.1. The average Bonchev–Trinajstić information content (AvgIpc) is 3.55. The van der Waals surface area contributed by atoms with Gasteiger partial charge in [0.15, 0.2) is 0 Å². The molecule has 154 valence electrons. The van der Waals surface area contributed by atoms with Gasteiger partial charge in [-0.05, 0) is 37.0 Å². The highest BCUT2D eigenvalue weighted by atomic mass is 16.5. The molecule has 7 heteroatoms. The second-order valence-electron chi connectivity index (χ2n) is 7.80. The first-order chi connectivity index (χ1) is 14.2. The highest BCUT2D eigenvalue weighted by Gasteiger charge is 2.37. The SMILES string of the molecule is COCCCn1cc(CN(C(=O)[C@H]2CNCCO2)C2CC2)c2ccc(C#N)cc21. The molecular formula is C22H28N4O3. The monoisotopic (exact) mass is 396 g/mol. The fraction of sp³-hybridized carbons (Fsp3) is 0.545. The van der Waals surface area contributed by atoms with Crippen molar-refractivity contribution in [3.05, 3.63) is 35.5 Å². The number of nitriles is 1. The number of nitrogens with one attached hydrogen (secondary N) is 1. The van der Waals surface area contributed by atoms with Gasteiger partial charge in [-0.3, -0.25) is 4.79 Å². The van der Waals surface area contributed by atoms with Crippen molar-refractivity contribution in [3.63, 3.8) is 0 Å². The van der Waals surface area contributed by atoms with Crippen molar-refractivity contribution in [2.75, 3.05) is 33.4 Å². The highest BCUT2D eigenvalue weighted by molar-refractivity contribution is 5.87. The fourth-order valence-corrected chi connectivity index (χ4v) is 3.99. The lowest BCUT2D eigenvalue weighted by atomic mass is 10.1. The number of nitrogens with zero attached hydrogens (tertiary/aromatic N) is 3. The first-order valence-electron chi connectivity index (χ1n) is 10.3. The highest BCUT2D eigenvalue weighted by Crippen LogP contribution is 2.32. The van der Waals surface area contributed by atoms with Gasteiger partial charge in [-0.15, -0.1) is 0 Å². The van der Waals surface area contributed by atoms with Crippen LogP contribution in [0.15, 0.2) is 24.4 Å². The van der Waals surface area contributed by atoms with Crippen molar-refractivity contribution in [2.24, 2.45) is 0 Å². The van der Waals surface area contributed by atoms with Crippen LogP contribution in [0, 0.1) is 11.3 Å². The molecule has 4 rings (SSSR count). The number of morpholine rings is 1. The third-order valence-corrected chi connectivity index (χ3v) is 5.66. The van der Waals surface area contributed by atoms with Crippen LogP contribution in [-0.2, 0) is 27.4 Å². The van der Waals surface area contributed by atoms with E-state index < -0.39 is 6.10 Å². The fourth-order valence-electron chi connectivity index (χ4n) is 3.99. The number of rotatable bonds is 8. The number of hydrogen-bond acceptors (Lipinski definition) is 5. The summed E-state index contributed by atoms with van der Waals surface area (Å²) in [7, 11) is 1.70. The van der Waals surface area contributed by atoms with E-state index in [-0.39, 0.29) is 5.91 Å². The molecule has 1 N–H and O–H groups in total. The Morgan fingerprint density at radius 1 is 1.45 bits per heavy atom. The second kappa shape index (κ2) is 8.95. The maximum Gasteiger partial charge on any atom is 0.253 e. The molecule has 0 bridgehead atoms. The predicted octanol–water partition coefficient (Wildman–Crippen LogP) is 2.03. The molecule has 1 saturated heterocycles. The van der Waals surface area contributed by atoms with E-state index >= 15 is 0 Å². The van der Waals surface area contributed by atoms with Crippen LogP contribution in [-0.4, -0.2) is 60.9 Å². The molecule has 29 heavy (non-hydrogen) atoms. The molecule has 2 heterocycles. The Kier molecular flexibility index (Phi) is 6.14. The van der Waals surface area contributed by atoms with Crippen LogP contribution in [0.2, 0.25) is 0 Å². The van der Waals surface area contributed by atoms with Crippen molar-refractivity contribution < 1.29 is 14.3 Å². The lowest BCUT2D eigenvalue weighted by Crippen LogP contribution is -2.49. The summed E-state index contributed by atoms with van der Waals surface area (Å²) in [5.41, 5.74) is 2.80. The molecule has 0 unspecified atom stereocenters. The number of hydrogen-bond donors (Lipinski definition) is 1. The van der Waals surface area contributed by atoms with Gasteiger partial charge >= 0.3 is 0 Å². The zero-order valence-electron chi connectivity index (χ0n) is 16.9. The van der Waals surface area contributed by atoms with E-state index in [9.17, 15) is 10.1 Å². The molecule has 1 saturated carbocycles. The standard InChI is InChI=1S/C22H28N4O3/c1-28-9-2-8-25-14-17(19-6-3-16(12-23)11-20(19)25)15-26(18-4-5-18)22(27)21-13-24-7-10-29-21/h3,6,11,14,18,21,24H,2,4-5,7-10,13,15H2,1H3/t21-/m1/s1. The molecule has 1 amide bonds. The Morgan fingerprint density at radius 3 is 3.00 bits per heavy atom. The molecule has 2 aromatic rings. The van der Waals surface area contributed by atoms with Gasteiger partial charge in [-0.1, -0.05) is 6.07 Å². The van der Waals surface area contributed by atoms with E-state index in [1.807, 2.05) is 23.1 Å². The van der Waals surface area contributed by atoms with E-state index in [1.165, 1.54) is 0 Å². The zero-order valence-corrected chi connectivity index (χ0v) is 16.9. The van der Waals surface area contributed by atoms with Crippen molar-refractivity contribution in [1.82, 2.24) is 14.8 Å². The van der Waals surface area contributed by atoms with Crippen molar-refractivity contribution in [3.8, 4) is 6.07 Å². The van der Waals surface area contributed by atoms with Crippen LogP contribution >= 0.6 is 0 Å². The van der Waals surface area contributed by atoms with Crippen LogP contribution < -0.4 is 5.32 Å². The molecule has 0 radical (unpaired) electrons. The number of aromatic nitrogens is 1. The minimum Gasteiger partial charge on any atom is -0.385 e. The lowest BCUT2D eigenvalue weighted by molar-refractivity contribution is -0.146. The van der Waals surface area contributed by atoms with Gasteiger partial charge in [0.05, 0.1) is 18.2 Å². The summed E-state index contributed by atoms with van der Waals surface area (Å²) in [6, 6.07) is 8.32. The molecule has 1 aromatic carbocycles. The first-order valence-corrected chi connectivity index (χ1v) is 10.3. The van der Waals surface area contributed by atoms with E-state index in [1.54, 1.807) is 7.11 Å². The summed E-state index contributed by atoms with van der Waals surface area (Å²) in [6.45, 7) is 4.02. The number of aryl methyl sites for hydroxylation is 1. The number of carbonyl (C=O) groups is 1. The van der Waals surface area contributed by atoms with Crippen LogP contribution in [0.25, 0.3) is 10.9 Å². The normalized spacial score (nSPS) is 19.2. The van der Waals surface area contributed by atoms with Gasteiger partial charge in [-0.2, -0.15) is 5.26 Å². The topological polar surface area (TPSA) is 79.5 Å². The number of carbonyl (C=O) groups excluding carboxylic acids is 1. The van der Waals surface area contributed by atoms with Crippen molar-refractivity contribution >= 4 is 16.8 Å². The predicted molar refractivity (Wildman–Crippen MR) is 109 cm³/mol. The molecule has 1 aromatic heterocycles. The Morgan fingerprint density at radius 2 is 2.31 bits per heavy atom. The molecule has 2 fully saturated rings. The second-order valence-corrected chi connectivity index (χ2v) is 7.80.